The second-order valence-corrected chi connectivity index (χ2v) is 7.02. The number of nitrogens with zero attached hydrogens (tertiary/aromatic N) is 1. The van der Waals surface area contributed by atoms with Crippen LogP contribution in [0.1, 0.15) is 19.4 Å². The van der Waals surface area contributed by atoms with E-state index in [0.29, 0.717) is 34.3 Å². The van der Waals surface area contributed by atoms with Gasteiger partial charge in [-0.05, 0) is 49.1 Å². The maximum absolute atomic E-state index is 11.4. The number of benzene rings is 2. The molecule has 0 saturated heterocycles. The van der Waals surface area contributed by atoms with Crippen LogP contribution in [0.2, 0.25) is 0 Å². The first kappa shape index (κ1) is 21.2. The lowest BCUT2D eigenvalue weighted by molar-refractivity contribution is -0.136. The van der Waals surface area contributed by atoms with Crippen molar-refractivity contribution >= 4 is 16.7 Å². The molecule has 0 aliphatic rings. The van der Waals surface area contributed by atoms with Crippen LogP contribution in [-0.4, -0.2) is 43.5 Å². The maximum Gasteiger partial charge on any atom is 0.307 e. The van der Waals surface area contributed by atoms with Crippen molar-refractivity contribution in [2.75, 3.05) is 21.3 Å². The molecule has 0 saturated carbocycles. The van der Waals surface area contributed by atoms with E-state index in [1.807, 2.05) is 38.1 Å². The summed E-state index contributed by atoms with van der Waals surface area (Å²) in [5.74, 6) is 1.41. The van der Waals surface area contributed by atoms with Gasteiger partial charge in [0.15, 0.2) is 11.5 Å². The molecule has 158 valence electrons. The fraction of sp³-hybridized carbons (Fsp3) is 0.304. The largest absolute Gasteiger partial charge is 0.497 e. The van der Waals surface area contributed by atoms with Gasteiger partial charge in [0.2, 0.25) is 0 Å². The zero-order valence-corrected chi connectivity index (χ0v) is 17.7. The topological polar surface area (TPSA) is 87.1 Å². The molecule has 0 spiro atoms. The molecular weight excluding hydrogens is 386 g/mol. The van der Waals surface area contributed by atoms with Crippen LogP contribution in [0.25, 0.3) is 22.0 Å². The van der Waals surface area contributed by atoms with Crippen molar-refractivity contribution in [3.8, 4) is 34.3 Å². The van der Waals surface area contributed by atoms with Crippen LogP contribution in [0.15, 0.2) is 36.5 Å². The fourth-order valence-corrected chi connectivity index (χ4v) is 3.29. The summed E-state index contributed by atoms with van der Waals surface area (Å²) in [6, 6.07) is 9.12. The summed E-state index contributed by atoms with van der Waals surface area (Å²) in [6.45, 7) is 3.84. The van der Waals surface area contributed by atoms with E-state index in [0.717, 1.165) is 16.3 Å². The van der Waals surface area contributed by atoms with Gasteiger partial charge < -0.3 is 24.1 Å². The van der Waals surface area contributed by atoms with Crippen molar-refractivity contribution in [1.82, 2.24) is 4.98 Å². The third-order valence-electron chi connectivity index (χ3n) is 4.58. The van der Waals surface area contributed by atoms with Gasteiger partial charge in [0.25, 0.3) is 0 Å². The molecule has 3 rings (SSSR count). The highest BCUT2D eigenvalue weighted by Gasteiger charge is 2.18. The molecule has 3 aromatic rings. The highest BCUT2D eigenvalue weighted by Crippen LogP contribution is 2.39. The third-order valence-corrected chi connectivity index (χ3v) is 4.58. The summed E-state index contributed by atoms with van der Waals surface area (Å²) in [4.78, 5) is 16.0. The number of aromatic nitrogens is 1. The number of pyridine rings is 1. The highest BCUT2D eigenvalue weighted by molar-refractivity contribution is 5.99. The summed E-state index contributed by atoms with van der Waals surface area (Å²) in [7, 11) is 4.73. The van der Waals surface area contributed by atoms with Gasteiger partial charge in [-0.3, -0.25) is 9.78 Å². The molecule has 0 unspecified atom stereocenters. The Hall–Kier alpha value is -3.48. The molecule has 1 heterocycles. The molecule has 0 fully saturated rings. The predicted molar refractivity (Wildman–Crippen MR) is 114 cm³/mol. The number of fused-ring (bicyclic) bond motifs is 1. The van der Waals surface area contributed by atoms with E-state index in [4.69, 9.17) is 18.9 Å². The quantitative estimate of drug-likeness (QED) is 0.590. The molecular formula is C23H25NO6. The van der Waals surface area contributed by atoms with E-state index in [1.54, 1.807) is 33.6 Å². The molecule has 2 aromatic carbocycles. The first-order chi connectivity index (χ1) is 14.4. The maximum atomic E-state index is 11.4. The van der Waals surface area contributed by atoms with E-state index < -0.39 is 5.97 Å². The number of carboxylic acids is 1. The van der Waals surface area contributed by atoms with Gasteiger partial charge in [-0.25, -0.2) is 0 Å². The number of carboxylic acid groups (broad SMARTS) is 1. The number of hydrogen-bond acceptors (Lipinski definition) is 6. The van der Waals surface area contributed by atoms with E-state index in [1.165, 1.54) is 0 Å². The van der Waals surface area contributed by atoms with Gasteiger partial charge in [0, 0.05) is 23.2 Å². The minimum absolute atomic E-state index is 0.0665. The van der Waals surface area contributed by atoms with Crippen molar-refractivity contribution in [1.29, 1.82) is 0 Å². The zero-order chi connectivity index (χ0) is 21.8. The molecule has 1 aromatic heterocycles. The van der Waals surface area contributed by atoms with Crippen LogP contribution in [0.4, 0.5) is 0 Å². The van der Waals surface area contributed by atoms with Crippen LogP contribution in [-0.2, 0) is 11.2 Å². The lowest BCUT2D eigenvalue weighted by atomic mass is 9.98. The van der Waals surface area contributed by atoms with Crippen LogP contribution >= 0.6 is 0 Å². The average molecular weight is 411 g/mol. The molecule has 30 heavy (non-hydrogen) atoms. The molecule has 1 N–H and O–H groups in total. The number of methoxy groups -OCH3 is 3. The van der Waals surface area contributed by atoms with Crippen LogP contribution in [0, 0.1) is 0 Å². The van der Waals surface area contributed by atoms with Gasteiger partial charge in [0.05, 0.1) is 39.5 Å². The summed E-state index contributed by atoms with van der Waals surface area (Å²) < 4.78 is 22.2. The zero-order valence-electron chi connectivity index (χ0n) is 17.7. The van der Waals surface area contributed by atoms with E-state index >= 15 is 0 Å². The molecule has 0 atom stereocenters. The monoisotopic (exact) mass is 411 g/mol. The molecule has 0 radical (unpaired) electrons. The Bertz CT molecular complexity index is 1050. The number of rotatable bonds is 8. The molecule has 7 nitrogen and oxygen atoms in total. The van der Waals surface area contributed by atoms with Crippen molar-refractivity contribution in [3.05, 3.63) is 42.1 Å². The second-order valence-electron chi connectivity index (χ2n) is 7.02. The average Bonchev–Trinajstić information content (AvgIpc) is 2.72. The first-order valence-electron chi connectivity index (χ1n) is 9.47. The van der Waals surface area contributed by atoms with E-state index in [2.05, 4.69) is 4.98 Å². The van der Waals surface area contributed by atoms with Crippen LogP contribution < -0.4 is 18.9 Å². The van der Waals surface area contributed by atoms with Crippen molar-refractivity contribution < 1.29 is 28.8 Å². The molecule has 0 bridgehead atoms. The fourth-order valence-electron chi connectivity index (χ4n) is 3.29. The number of hydrogen-bond donors (Lipinski definition) is 1. The Labute approximate surface area is 175 Å². The van der Waals surface area contributed by atoms with E-state index in [9.17, 15) is 9.90 Å². The molecule has 0 aliphatic heterocycles. The smallest absolute Gasteiger partial charge is 0.307 e. The van der Waals surface area contributed by atoms with Crippen molar-refractivity contribution in [3.63, 3.8) is 0 Å². The van der Waals surface area contributed by atoms with Crippen molar-refractivity contribution in [2.24, 2.45) is 0 Å². The highest BCUT2D eigenvalue weighted by atomic mass is 16.5. The normalized spacial score (nSPS) is 10.9. The van der Waals surface area contributed by atoms with Gasteiger partial charge in [-0.15, -0.1) is 0 Å². The minimum atomic E-state index is -0.934. The summed E-state index contributed by atoms with van der Waals surface area (Å²) in [5.41, 5.74) is 2.02. The Kier molecular flexibility index (Phi) is 6.30. The summed E-state index contributed by atoms with van der Waals surface area (Å²) in [6.07, 6.45) is 1.37. The Morgan fingerprint density at radius 1 is 0.933 bits per heavy atom. The number of carbonyl (C=O) groups is 1. The van der Waals surface area contributed by atoms with Crippen LogP contribution in [0.3, 0.4) is 0 Å². The summed E-state index contributed by atoms with van der Waals surface area (Å²) in [5, 5.41) is 10.8. The number of aliphatic carboxylic acids is 1. The minimum Gasteiger partial charge on any atom is -0.497 e. The second kappa shape index (κ2) is 8.90. The van der Waals surface area contributed by atoms with Gasteiger partial charge in [0.1, 0.15) is 11.5 Å². The van der Waals surface area contributed by atoms with Gasteiger partial charge in [-0.2, -0.15) is 0 Å². The lowest BCUT2D eigenvalue weighted by Crippen LogP contribution is -2.08. The Morgan fingerprint density at radius 2 is 1.57 bits per heavy atom. The molecule has 7 heteroatoms. The first-order valence-corrected chi connectivity index (χ1v) is 9.47. The molecule has 0 aliphatic carbocycles. The van der Waals surface area contributed by atoms with Gasteiger partial charge >= 0.3 is 5.97 Å². The Balaban J connectivity index is 2.32. The SMILES string of the molecule is COc1cc(OC)cc(-c2ncc(CC(=O)O)c3cc(OC(C)C)c(OC)cc23)c1. The van der Waals surface area contributed by atoms with Gasteiger partial charge in [-0.1, -0.05) is 0 Å². The third kappa shape index (κ3) is 4.40. The van der Waals surface area contributed by atoms with E-state index in [-0.39, 0.29) is 12.5 Å². The standard InChI is InChI=1S/C23H25NO6/c1-13(2)30-21-10-18-15(8-22(25)26)12-24-23(19(18)11-20(21)29-5)14-6-16(27-3)9-17(7-14)28-4/h6-7,9-13H,8H2,1-5H3,(H,25,26). The molecule has 0 amide bonds. The van der Waals surface area contributed by atoms with Crippen LogP contribution in [0.5, 0.6) is 23.0 Å². The van der Waals surface area contributed by atoms with Crippen molar-refractivity contribution in [2.45, 2.75) is 26.4 Å². The summed E-state index contributed by atoms with van der Waals surface area (Å²) >= 11 is 0. The predicted octanol–water partition coefficient (Wildman–Crippen LogP) is 4.34. The number of ether oxygens (including phenoxy) is 4. The lowest BCUT2D eigenvalue weighted by Gasteiger charge is -2.17. The Morgan fingerprint density at radius 3 is 2.10 bits per heavy atom.